The maximum absolute atomic E-state index is 5.72. The molecule has 0 bridgehead atoms. The van der Waals surface area contributed by atoms with Crippen LogP contribution in [0.15, 0.2) is 12.1 Å². The lowest BCUT2D eigenvalue weighted by Gasteiger charge is -2.09. The average Bonchev–Trinajstić information content (AvgIpc) is 2.35. The Hall–Kier alpha value is -1.49. The summed E-state index contributed by atoms with van der Waals surface area (Å²) in [6, 6.07) is 3.40. The maximum Gasteiger partial charge on any atom is 0.240 e. The second-order valence-corrected chi connectivity index (χ2v) is 3.56. The lowest BCUT2D eigenvalue weighted by molar-refractivity contribution is 0.0965. The van der Waals surface area contributed by atoms with Crippen molar-refractivity contribution < 1.29 is 14.2 Å². The largest absolute Gasteiger partial charge is 0.481 e. The van der Waals surface area contributed by atoms with Crippen LogP contribution in [0.5, 0.6) is 11.8 Å². The SMILES string of the molecule is CCCCOCCOc1nc(OC)ccc1N. The molecule has 0 aliphatic carbocycles. The first kappa shape index (κ1) is 13.6. The molecule has 0 aromatic carbocycles. The second kappa shape index (κ2) is 7.73. The van der Waals surface area contributed by atoms with Crippen molar-refractivity contribution in [1.29, 1.82) is 0 Å². The predicted molar refractivity (Wildman–Crippen MR) is 66.4 cm³/mol. The van der Waals surface area contributed by atoms with Gasteiger partial charge >= 0.3 is 0 Å². The van der Waals surface area contributed by atoms with Crippen molar-refractivity contribution >= 4 is 5.69 Å². The van der Waals surface area contributed by atoms with Gasteiger partial charge in [-0.05, 0) is 12.5 Å². The van der Waals surface area contributed by atoms with Crippen molar-refractivity contribution in [2.75, 3.05) is 32.7 Å². The molecule has 0 radical (unpaired) electrons. The highest BCUT2D eigenvalue weighted by atomic mass is 16.5. The van der Waals surface area contributed by atoms with E-state index in [4.69, 9.17) is 19.9 Å². The standard InChI is InChI=1S/C12H20N2O3/c1-3-4-7-16-8-9-17-12-10(13)5-6-11(14-12)15-2/h5-6H,3-4,7-9,13H2,1-2H3. The summed E-state index contributed by atoms with van der Waals surface area (Å²) in [5, 5.41) is 0. The lowest BCUT2D eigenvalue weighted by Crippen LogP contribution is -2.09. The minimum atomic E-state index is 0.392. The number of methoxy groups -OCH3 is 1. The van der Waals surface area contributed by atoms with E-state index in [1.165, 1.54) is 0 Å². The monoisotopic (exact) mass is 240 g/mol. The van der Waals surface area contributed by atoms with Crippen molar-refractivity contribution in [2.24, 2.45) is 0 Å². The Balaban J connectivity index is 2.30. The van der Waals surface area contributed by atoms with Crippen LogP contribution in [0.4, 0.5) is 5.69 Å². The number of nitrogen functional groups attached to an aromatic ring is 1. The Kier molecular flexibility index (Phi) is 6.17. The minimum absolute atomic E-state index is 0.392. The fourth-order valence-electron chi connectivity index (χ4n) is 1.21. The van der Waals surface area contributed by atoms with Crippen LogP contribution in [-0.4, -0.2) is 31.9 Å². The van der Waals surface area contributed by atoms with Crippen molar-refractivity contribution in [2.45, 2.75) is 19.8 Å². The van der Waals surface area contributed by atoms with Crippen LogP contribution >= 0.6 is 0 Å². The molecular weight excluding hydrogens is 220 g/mol. The normalized spacial score (nSPS) is 10.2. The van der Waals surface area contributed by atoms with Crippen LogP contribution < -0.4 is 15.2 Å². The van der Waals surface area contributed by atoms with E-state index in [9.17, 15) is 0 Å². The smallest absolute Gasteiger partial charge is 0.240 e. The van der Waals surface area contributed by atoms with Gasteiger partial charge in [0.05, 0.1) is 19.4 Å². The second-order valence-electron chi connectivity index (χ2n) is 3.56. The molecule has 5 heteroatoms. The third-order valence-electron chi connectivity index (χ3n) is 2.18. The Morgan fingerprint density at radius 3 is 2.76 bits per heavy atom. The van der Waals surface area contributed by atoms with Gasteiger partial charge in [-0.2, -0.15) is 4.98 Å². The number of nitrogens with two attached hydrogens (primary N) is 1. The fourth-order valence-corrected chi connectivity index (χ4v) is 1.21. The number of nitrogens with zero attached hydrogens (tertiary/aromatic N) is 1. The molecule has 0 atom stereocenters. The summed E-state index contributed by atoms with van der Waals surface area (Å²) in [7, 11) is 1.55. The Morgan fingerprint density at radius 1 is 1.24 bits per heavy atom. The first-order valence-electron chi connectivity index (χ1n) is 5.79. The van der Waals surface area contributed by atoms with E-state index in [1.807, 2.05) is 0 Å². The van der Waals surface area contributed by atoms with Gasteiger partial charge in [-0.15, -0.1) is 0 Å². The minimum Gasteiger partial charge on any atom is -0.481 e. The van der Waals surface area contributed by atoms with Gasteiger partial charge in [-0.1, -0.05) is 13.3 Å². The van der Waals surface area contributed by atoms with Crippen molar-refractivity contribution in [3.8, 4) is 11.8 Å². The Labute approximate surface area is 102 Å². The molecule has 17 heavy (non-hydrogen) atoms. The predicted octanol–water partition coefficient (Wildman–Crippen LogP) is 1.87. The van der Waals surface area contributed by atoms with Gasteiger partial charge in [0.15, 0.2) is 0 Å². The third kappa shape index (κ3) is 4.91. The third-order valence-corrected chi connectivity index (χ3v) is 2.18. The van der Waals surface area contributed by atoms with Gasteiger partial charge in [0.1, 0.15) is 6.61 Å². The van der Waals surface area contributed by atoms with E-state index >= 15 is 0 Å². The molecule has 0 saturated carbocycles. The maximum atomic E-state index is 5.72. The van der Waals surface area contributed by atoms with E-state index in [0.29, 0.717) is 30.7 Å². The summed E-state index contributed by atoms with van der Waals surface area (Å²) in [5.74, 6) is 0.879. The molecule has 5 nitrogen and oxygen atoms in total. The summed E-state index contributed by atoms with van der Waals surface area (Å²) in [5.41, 5.74) is 6.22. The van der Waals surface area contributed by atoms with E-state index in [-0.39, 0.29) is 0 Å². The summed E-state index contributed by atoms with van der Waals surface area (Å²) < 4.78 is 15.8. The van der Waals surface area contributed by atoms with E-state index in [2.05, 4.69) is 11.9 Å². The van der Waals surface area contributed by atoms with Crippen LogP contribution in [0, 0.1) is 0 Å². The Morgan fingerprint density at radius 2 is 2.06 bits per heavy atom. The van der Waals surface area contributed by atoms with Crippen LogP contribution in [0.1, 0.15) is 19.8 Å². The number of unbranched alkanes of at least 4 members (excludes halogenated alkanes) is 1. The van der Waals surface area contributed by atoms with Gasteiger partial charge in [0.25, 0.3) is 0 Å². The van der Waals surface area contributed by atoms with Crippen LogP contribution in [-0.2, 0) is 4.74 Å². The summed E-state index contributed by atoms with van der Waals surface area (Å²) >= 11 is 0. The van der Waals surface area contributed by atoms with E-state index in [0.717, 1.165) is 19.4 Å². The summed E-state index contributed by atoms with van der Waals surface area (Å²) in [6.07, 6.45) is 2.20. The van der Waals surface area contributed by atoms with Crippen LogP contribution in [0.25, 0.3) is 0 Å². The van der Waals surface area contributed by atoms with Crippen LogP contribution in [0.2, 0.25) is 0 Å². The number of pyridine rings is 1. The fraction of sp³-hybridized carbons (Fsp3) is 0.583. The quantitative estimate of drug-likeness (QED) is 0.703. The number of anilines is 1. The van der Waals surface area contributed by atoms with Gasteiger partial charge in [0, 0.05) is 12.7 Å². The lowest BCUT2D eigenvalue weighted by atomic mass is 10.4. The molecule has 2 N–H and O–H groups in total. The molecule has 0 saturated heterocycles. The average molecular weight is 240 g/mol. The molecule has 0 fully saturated rings. The molecule has 1 aromatic rings. The highest BCUT2D eigenvalue weighted by molar-refractivity contribution is 5.49. The Bertz CT molecular complexity index is 332. The molecule has 0 aliphatic rings. The topological polar surface area (TPSA) is 66.6 Å². The first-order valence-corrected chi connectivity index (χ1v) is 5.79. The van der Waals surface area contributed by atoms with E-state index < -0.39 is 0 Å². The zero-order chi connectivity index (χ0) is 12.5. The van der Waals surface area contributed by atoms with Gasteiger partial charge in [-0.25, -0.2) is 0 Å². The van der Waals surface area contributed by atoms with Gasteiger partial charge in [0.2, 0.25) is 11.8 Å². The molecule has 1 heterocycles. The molecule has 0 amide bonds. The molecular formula is C12H20N2O3. The molecule has 96 valence electrons. The first-order chi connectivity index (χ1) is 8.27. The van der Waals surface area contributed by atoms with E-state index in [1.54, 1.807) is 19.2 Å². The molecule has 1 rings (SSSR count). The highest BCUT2D eigenvalue weighted by Gasteiger charge is 2.04. The number of hydrogen-bond acceptors (Lipinski definition) is 5. The van der Waals surface area contributed by atoms with Gasteiger partial charge in [-0.3, -0.25) is 0 Å². The van der Waals surface area contributed by atoms with Crippen LogP contribution in [0.3, 0.4) is 0 Å². The summed E-state index contributed by atoms with van der Waals surface area (Å²) in [4.78, 5) is 4.10. The zero-order valence-electron chi connectivity index (χ0n) is 10.4. The molecule has 0 spiro atoms. The number of hydrogen-bond donors (Lipinski definition) is 1. The number of aromatic nitrogens is 1. The summed E-state index contributed by atoms with van der Waals surface area (Å²) in [6.45, 7) is 3.87. The number of rotatable bonds is 8. The molecule has 0 aliphatic heterocycles. The van der Waals surface area contributed by atoms with Gasteiger partial charge < -0.3 is 19.9 Å². The van der Waals surface area contributed by atoms with Crippen molar-refractivity contribution in [3.05, 3.63) is 12.1 Å². The molecule has 1 aromatic heterocycles. The molecule has 0 unspecified atom stereocenters. The highest BCUT2D eigenvalue weighted by Crippen LogP contribution is 2.21. The number of ether oxygens (including phenoxy) is 3. The van der Waals surface area contributed by atoms with Crippen molar-refractivity contribution in [1.82, 2.24) is 4.98 Å². The van der Waals surface area contributed by atoms with Crippen molar-refractivity contribution in [3.63, 3.8) is 0 Å². The zero-order valence-corrected chi connectivity index (χ0v) is 10.4.